The van der Waals surface area contributed by atoms with E-state index in [0.29, 0.717) is 18.4 Å². The maximum atomic E-state index is 9.23. The van der Waals surface area contributed by atoms with Crippen molar-refractivity contribution in [3.63, 3.8) is 0 Å². The van der Waals surface area contributed by atoms with Crippen LogP contribution in [-0.4, -0.2) is 11.7 Å². The van der Waals surface area contributed by atoms with Gasteiger partial charge in [-0.05, 0) is 49.3 Å². The maximum Gasteiger partial charge on any atom is 0.0843 e. The second-order valence-electron chi connectivity index (χ2n) is 4.36. The Morgan fingerprint density at radius 2 is 2.14 bits per heavy atom. The van der Waals surface area contributed by atoms with Crippen LogP contribution in [0.25, 0.3) is 0 Å². The van der Waals surface area contributed by atoms with Crippen LogP contribution in [0.15, 0.2) is 14.3 Å². The van der Waals surface area contributed by atoms with Gasteiger partial charge >= 0.3 is 0 Å². The van der Waals surface area contributed by atoms with E-state index in [2.05, 4.69) is 51.8 Å². The van der Waals surface area contributed by atoms with Crippen molar-refractivity contribution >= 4 is 43.2 Å². The molecule has 0 saturated heterocycles. The molecule has 2 atom stereocenters. The minimum absolute atomic E-state index is 0.262. The average Bonchev–Trinajstić information content (AvgIpc) is 2.50. The highest BCUT2D eigenvalue weighted by molar-refractivity contribution is 9.13. The van der Waals surface area contributed by atoms with E-state index in [4.69, 9.17) is 0 Å². The Balaban J connectivity index is 2.26. The van der Waals surface area contributed by atoms with Crippen LogP contribution in [0.5, 0.6) is 0 Å². The molecule has 1 aliphatic rings. The molecule has 1 aromatic heterocycles. The highest BCUT2D eigenvalue weighted by atomic mass is 79.9. The topological polar surface area (TPSA) is 20.2 Å². The molecule has 0 amide bonds. The van der Waals surface area contributed by atoms with E-state index >= 15 is 0 Å². The molecule has 0 bridgehead atoms. The van der Waals surface area contributed by atoms with Gasteiger partial charge in [-0.1, -0.05) is 13.8 Å². The SMILES string of the molecule is CC1(C)C(CO)C1c1cc(Br)c(Br)s1. The molecule has 2 unspecified atom stereocenters. The van der Waals surface area contributed by atoms with Crippen LogP contribution in [0.3, 0.4) is 0 Å². The molecule has 0 spiro atoms. The molecule has 1 fully saturated rings. The molecule has 1 N–H and O–H groups in total. The first-order valence-electron chi connectivity index (χ1n) is 4.54. The molecule has 2 rings (SSSR count). The first-order valence-corrected chi connectivity index (χ1v) is 6.94. The average molecular weight is 340 g/mol. The highest BCUT2D eigenvalue weighted by Crippen LogP contribution is 2.65. The van der Waals surface area contributed by atoms with Gasteiger partial charge in [-0.3, -0.25) is 0 Å². The summed E-state index contributed by atoms with van der Waals surface area (Å²) in [6, 6.07) is 2.16. The van der Waals surface area contributed by atoms with E-state index < -0.39 is 0 Å². The Hall–Kier alpha value is 0.620. The van der Waals surface area contributed by atoms with Crippen molar-refractivity contribution in [1.29, 1.82) is 0 Å². The van der Waals surface area contributed by atoms with E-state index in [1.54, 1.807) is 11.3 Å². The van der Waals surface area contributed by atoms with Crippen LogP contribution in [0.1, 0.15) is 24.6 Å². The predicted octanol–water partition coefficient (Wildman–Crippen LogP) is 4.01. The molecule has 14 heavy (non-hydrogen) atoms. The van der Waals surface area contributed by atoms with Gasteiger partial charge in [0.1, 0.15) is 0 Å². The van der Waals surface area contributed by atoms with Crippen LogP contribution in [0, 0.1) is 11.3 Å². The standard InChI is InChI=1S/C10H12Br2OS/c1-10(2)5(4-13)8(10)7-3-6(11)9(12)14-7/h3,5,8,13H,4H2,1-2H3. The molecule has 1 saturated carbocycles. The van der Waals surface area contributed by atoms with Crippen molar-refractivity contribution in [2.75, 3.05) is 6.61 Å². The van der Waals surface area contributed by atoms with Crippen molar-refractivity contribution < 1.29 is 5.11 Å². The highest BCUT2D eigenvalue weighted by Gasteiger charge is 2.58. The number of hydrogen-bond acceptors (Lipinski definition) is 2. The number of halogens is 2. The third kappa shape index (κ3) is 1.60. The van der Waals surface area contributed by atoms with Crippen LogP contribution in [-0.2, 0) is 0 Å². The lowest BCUT2D eigenvalue weighted by Gasteiger charge is -1.98. The zero-order valence-electron chi connectivity index (χ0n) is 8.05. The van der Waals surface area contributed by atoms with E-state index in [1.165, 1.54) is 4.88 Å². The first-order chi connectivity index (χ1) is 6.48. The summed E-state index contributed by atoms with van der Waals surface area (Å²) < 4.78 is 2.27. The molecule has 78 valence electrons. The third-order valence-corrected chi connectivity index (χ3v) is 6.56. The van der Waals surface area contributed by atoms with Gasteiger partial charge < -0.3 is 5.11 Å². The molecule has 4 heteroatoms. The fourth-order valence-electron chi connectivity index (χ4n) is 2.17. The van der Waals surface area contributed by atoms with Crippen molar-refractivity contribution in [1.82, 2.24) is 0 Å². The van der Waals surface area contributed by atoms with Gasteiger partial charge in [0.25, 0.3) is 0 Å². The monoisotopic (exact) mass is 338 g/mol. The summed E-state index contributed by atoms with van der Waals surface area (Å²) in [5.41, 5.74) is 0.262. The van der Waals surface area contributed by atoms with Gasteiger partial charge in [0.05, 0.1) is 3.79 Å². The fraction of sp³-hybridized carbons (Fsp3) is 0.600. The second kappa shape index (κ2) is 3.58. The first kappa shape index (κ1) is 11.1. The van der Waals surface area contributed by atoms with Crippen LogP contribution in [0.2, 0.25) is 0 Å². The Morgan fingerprint density at radius 3 is 2.50 bits per heavy atom. The summed E-state index contributed by atoms with van der Waals surface area (Å²) in [5.74, 6) is 0.958. The van der Waals surface area contributed by atoms with Crippen molar-refractivity contribution in [2.24, 2.45) is 11.3 Å². The zero-order chi connectivity index (χ0) is 10.5. The number of aliphatic hydroxyl groups is 1. The summed E-state index contributed by atoms with van der Waals surface area (Å²) in [6.07, 6.45) is 0. The minimum atomic E-state index is 0.262. The molecule has 1 nitrogen and oxygen atoms in total. The Bertz CT molecular complexity index is 340. The van der Waals surface area contributed by atoms with Gasteiger partial charge in [0.15, 0.2) is 0 Å². The summed E-state index contributed by atoms with van der Waals surface area (Å²) in [4.78, 5) is 1.37. The van der Waals surface area contributed by atoms with Gasteiger partial charge in [-0.25, -0.2) is 0 Å². The summed E-state index contributed by atoms with van der Waals surface area (Å²) >= 11 is 8.76. The van der Waals surface area contributed by atoms with Gasteiger partial charge in [0.2, 0.25) is 0 Å². The summed E-state index contributed by atoms with van der Waals surface area (Å²) in [5, 5.41) is 9.23. The Labute approximate surface area is 105 Å². The fourth-order valence-corrected chi connectivity index (χ4v) is 4.62. The third-order valence-electron chi connectivity index (χ3n) is 3.22. The van der Waals surface area contributed by atoms with Gasteiger partial charge in [-0.15, -0.1) is 11.3 Å². The Kier molecular flexibility index (Phi) is 2.84. The number of hydrogen-bond donors (Lipinski definition) is 1. The van der Waals surface area contributed by atoms with Crippen molar-refractivity contribution in [3.8, 4) is 0 Å². The van der Waals surface area contributed by atoms with Gasteiger partial charge in [0, 0.05) is 21.9 Å². The second-order valence-corrected chi connectivity index (χ2v) is 7.61. The molecule has 1 aliphatic carbocycles. The smallest absolute Gasteiger partial charge is 0.0843 e. The number of aliphatic hydroxyl groups excluding tert-OH is 1. The number of rotatable bonds is 2. The van der Waals surface area contributed by atoms with Gasteiger partial charge in [-0.2, -0.15) is 0 Å². The van der Waals surface area contributed by atoms with E-state index in [0.717, 1.165) is 8.26 Å². The van der Waals surface area contributed by atoms with E-state index in [1.807, 2.05) is 0 Å². The zero-order valence-corrected chi connectivity index (χ0v) is 12.0. The van der Waals surface area contributed by atoms with Crippen LogP contribution >= 0.6 is 43.2 Å². The van der Waals surface area contributed by atoms with Crippen molar-refractivity contribution in [2.45, 2.75) is 19.8 Å². The van der Waals surface area contributed by atoms with E-state index in [-0.39, 0.29) is 5.41 Å². The molecule has 0 radical (unpaired) electrons. The lowest BCUT2D eigenvalue weighted by molar-refractivity contribution is 0.257. The largest absolute Gasteiger partial charge is 0.396 e. The summed E-state index contributed by atoms with van der Waals surface area (Å²) in [6.45, 7) is 4.74. The molecular weight excluding hydrogens is 328 g/mol. The molecule has 1 aromatic rings. The van der Waals surface area contributed by atoms with Crippen LogP contribution in [0.4, 0.5) is 0 Å². The lowest BCUT2D eigenvalue weighted by Crippen LogP contribution is -1.93. The molecule has 0 aromatic carbocycles. The molecule has 0 aliphatic heterocycles. The molecule has 1 heterocycles. The lowest BCUT2D eigenvalue weighted by atomic mass is 10.1. The summed E-state index contributed by atoms with van der Waals surface area (Å²) in [7, 11) is 0. The number of thiophene rings is 1. The minimum Gasteiger partial charge on any atom is -0.396 e. The van der Waals surface area contributed by atoms with E-state index in [9.17, 15) is 5.11 Å². The Morgan fingerprint density at radius 1 is 1.50 bits per heavy atom. The molecular formula is C10H12Br2OS. The van der Waals surface area contributed by atoms with Crippen molar-refractivity contribution in [3.05, 3.63) is 19.2 Å². The van der Waals surface area contributed by atoms with Crippen LogP contribution < -0.4 is 0 Å². The normalized spacial score (nSPS) is 29.2. The quantitative estimate of drug-likeness (QED) is 0.863. The maximum absolute atomic E-state index is 9.23. The predicted molar refractivity (Wildman–Crippen MR) is 66.8 cm³/mol.